The van der Waals surface area contributed by atoms with Crippen LogP contribution in [-0.2, 0) is 10.2 Å². The first-order valence-electron chi connectivity index (χ1n) is 6.47. The van der Waals surface area contributed by atoms with Gasteiger partial charge in [0.15, 0.2) is 0 Å². The highest BCUT2D eigenvalue weighted by Gasteiger charge is 2.31. The van der Waals surface area contributed by atoms with E-state index in [1.54, 1.807) is 7.11 Å². The molecule has 1 atom stereocenters. The predicted octanol–water partition coefficient (Wildman–Crippen LogP) is 3.04. The van der Waals surface area contributed by atoms with Crippen molar-refractivity contribution in [3.05, 3.63) is 35.4 Å². The second kappa shape index (κ2) is 5.19. The van der Waals surface area contributed by atoms with Crippen LogP contribution in [0.3, 0.4) is 0 Å². The van der Waals surface area contributed by atoms with E-state index in [4.69, 9.17) is 4.74 Å². The average Bonchev–Trinajstić information content (AvgIpc) is 2.33. The van der Waals surface area contributed by atoms with E-state index in [-0.39, 0.29) is 0 Å². The molecule has 0 bridgehead atoms. The lowest BCUT2D eigenvalue weighted by molar-refractivity contribution is 0.193. The second-order valence-electron chi connectivity index (χ2n) is 5.51. The van der Waals surface area contributed by atoms with Gasteiger partial charge in [-0.2, -0.15) is 0 Å². The highest BCUT2D eigenvalue weighted by Crippen LogP contribution is 2.41. The van der Waals surface area contributed by atoms with Crippen LogP contribution in [0, 0.1) is 0 Å². The van der Waals surface area contributed by atoms with E-state index >= 15 is 0 Å². The molecule has 0 spiro atoms. The Balaban J connectivity index is 2.17. The lowest BCUT2D eigenvalue weighted by atomic mass is 9.71. The number of ether oxygens (including phenoxy) is 1. The van der Waals surface area contributed by atoms with E-state index in [0.717, 1.165) is 13.2 Å². The molecule has 0 aliphatic heterocycles. The predicted molar refractivity (Wildman–Crippen MR) is 71.3 cm³/mol. The first-order valence-corrected chi connectivity index (χ1v) is 6.47. The van der Waals surface area contributed by atoms with Crippen molar-refractivity contribution in [3.63, 3.8) is 0 Å². The number of nitrogens with one attached hydrogen (secondary N) is 1. The van der Waals surface area contributed by atoms with Crippen LogP contribution in [-0.4, -0.2) is 20.3 Å². The van der Waals surface area contributed by atoms with Gasteiger partial charge in [0.05, 0.1) is 6.61 Å². The third-order valence-electron chi connectivity index (χ3n) is 3.82. The minimum absolute atomic E-state index is 0.316. The number of rotatable bonds is 4. The molecule has 1 N–H and O–H groups in total. The van der Waals surface area contributed by atoms with Gasteiger partial charge in [-0.15, -0.1) is 0 Å². The molecule has 0 saturated heterocycles. The zero-order chi connectivity index (χ0) is 12.3. The van der Waals surface area contributed by atoms with Crippen molar-refractivity contribution in [2.24, 2.45) is 0 Å². The van der Waals surface area contributed by atoms with Gasteiger partial charge in [-0.25, -0.2) is 0 Å². The minimum atomic E-state index is 0.316. The second-order valence-corrected chi connectivity index (χ2v) is 5.51. The van der Waals surface area contributed by atoms with Crippen LogP contribution in [0.1, 0.15) is 43.9 Å². The average molecular weight is 233 g/mol. The molecule has 0 radical (unpaired) electrons. The minimum Gasteiger partial charge on any atom is -0.383 e. The van der Waals surface area contributed by atoms with Gasteiger partial charge < -0.3 is 10.1 Å². The zero-order valence-electron chi connectivity index (χ0n) is 11.1. The fourth-order valence-electron chi connectivity index (χ4n) is 2.76. The molecule has 2 rings (SSSR count). The Morgan fingerprint density at radius 1 is 1.35 bits per heavy atom. The summed E-state index contributed by atoms with van der Waals surface area (Å²) in [4.78, 5) is 0. The van der Waals surface area contributed by atoms with Crippen LogP contribution >= 0.6 is 0 Å². The van der Waals surface area contributed by atoms with Crippen LogP contribution in [0.15, 0.2) is 24.3 Å². The maximum Gasteiger partial charge on any atom is 0.0587 e. The summed E-state index contributed by atoms with van der Waals surface area (Å²) in [6.07, 6.45) is 2.46. The molecule has 0 heterocycles. The standard InChI is InChI=1S/C15H23NO/c1-15(2)9-8-14(16-10-11-17-3)12-6-4-5-7-13(12)15/h4-7,14,16H,8-11H2,1-3H3. The SMILES string of the molecule is COCCNC1CCC(C)(C)c2ccccc21. The lowest BCUT2D eigenvalue weighted by Crippen LogP contribution is -2.33. The van der Waals surface area contributed by atoms with Gasteiger partial charge in [-0.3, -0.25) is 0 Å². The van der Waals surface area contributed by atoms with E-state index in [0.29, 0.717) is 11.5 Å². The fraction of sp³-hybridized carbons (Fsp3) is 0.600. The van der Waals surface area contributed by atoms with Gasteiger partial charge in [-0.05, 0) is 29.4 Å². The monoisotopic (exact) mass is 233 g/mol. The molecule has 17 heavy (non-hydrogen) atoms. The molecule has 1 aliphatic carbocycles. The van der Waals surface area contributed by atoms with Crippen LogP contribution in [0.4, 0.5) is 0 Å². The Labute approximate surface area is 104 Å². The topological polar surface area (TPSA) is 21.3 Å². The zero-order valence-corrected chi connectivity index (χ0v) is 11.1. The third-order valence-corrected chi connectivity index (χ3v) is 3.82. The van der Waals surface area contributed by atoms with Gasteiger partial charge in [0.1, 0.15) is 0 Å². The first-order chi connectivity index (χ1) is 8.15. The van der Waals surface area contributed by atoms with Crippen molar-refractivity contribution < 1.29 is 4.74 Å². The van der Waals surface area contributed by atoms with Crippen molar-refractivity contribution in [2.75, 3.05) is 20.3 Å². The van der Waals surface area contributed by atoms with E-state index in [1.165, 1.54) is 24.0 Å². The fourth-order valence-corrected chi connectivity index (χ4v) is 2.76. The molecule has 1 aromatic rings. The largest absolute Gasteiger partial charge is 0.383 e. The van der Waals surface area contributed by atoms with Crippen LogP contribution < -0.4 is 5.32 Å². The Kier molecular flexibility index (Phi) is 3.85. The van der Waals surface area contributed by atoms with Crippen LogP contribution in [0.2, 0.25) is 0 Å². The highest BCUT2D eigenvalue weighted by atomic mass is 16.5. The summed E-state index contributed by atoms with van der Waals surface area (Å²) in [7, 11) is 1.75. The van der Waals surface area contributed by atoms with Gasteiger partial charge in [0, 0.05) is 19.7 Å². The van der Waals surface area contributed by atoms with Crippen LogP contribution in [0.25, 0.3) is 0 Å². The van der Waals surface area contributed by atoms with Gasteiger partial charge in [-0.1, -0.05) is 38.1 Å². The molecule has 1 unspecified atom stereocenters. The Bertz CT molecular complexity index is 373. The summed E-state index contributed by atoms with van der Waals surface area (Å²) in [5, 5.41) is 3.59. The number of hydrogen-bond donors (Lipinski definition) is 1. The summed E-state index contributed by atoms with van der Waals surface area (Å²) in [5.74, 6) is 0. The number of fused-ring (bicyclic) bond motifs is 1. The lowest BCUT2D eigenvalue weighted by Gasteiger charge is -2.37. The van der Waals surface area contributed by atoms with Gasteiger partial charge in [0.2, 0.25) is 0 Å². The van der Waals surface area contributed by atoms with Crippen molar-refractivity contribution in [3.8, 4) is 0 Å². The normalized spacial score (nSPS) is 22.2. The number of benzene rings is 1. The molecular formula is C15H23NO. The molecule has 0 amide bonds. The quantitative estimate of drug-likeness (QED) is 0.807. The molecule has 0 saturated carbocycles. The molecule has 1 aliphatic rings. The summed E-state index contributed by atoms with van der Waals surface area (Å²) >= 11 is 0. The Morgan fingerprint density at radius 2 is 2.12 bits per heavy atom. The smallest absolute Gasteiger partial charge is 0.0587 e. The molecule has 94 valence electrons. The maximum absolute atomic E-state index is 5.10. The van der Waals surface area contributed by atoms with Crippen LogP contribution in [0.5, 0.6) is 0 Å². The number of methoxy groups -OCH3 is 1. The highest BCUT2D eigenvalue weighted by molar-refractivity contribution is 5.38. The van der Waals surface area contributed by atoms with E-state index in [2.05, 4.69) is 43.4 Å². The van der Waals surface area contributed by atoms with Crippen molar-refractivity contribution in [1.82, 2.24) is 5.32 Å². The third kappa shape index (κ3) is 2.70. The van der Waals surface area contributed by atoms with Crippen molar-refractivity contribution in [2.45, 2.75) is 38.1 Å². The summed E-state index contributed by atoms with van der Waals surface area (Å²) in [6.45, 7) is 6.40. The maximum atomic E-state index is 5.10. The molecule has 1 aromatic carbocycles. The molecule has 0 aromatic heterocycles. The molecule has 2 nitrogen and oxygen atoms in total. The first kappa shape index (κ1) is 12.6. The summed E-state index contributed by atoms with van der Waals surface area (Å²) in [5.41, 5.74) is 3.29. The number of hydrogen-bond acceptors (Lipinski definition) is 2. The van der Waals surface area contributed by atoms with E-state index in [1.807, 2.05) is 0 Å². The van der Waals surface area contributed by atoms with Gasteiger partial charge >= 0.3 is 0 Å². The molecule has 0 fully saturated rings. The Morgan fingerprint density at radius 3 is 2.88 bits per heavy atom. The van der Waals surface area contributed by atoms with Gasteiger partial charge in [0.25, 0.3) is 0 Å². The molecular weight excluding hydrogens is 210 g/mol. The molecule has 2 heteroatoms. The summed E-state index contributed by atoms with van der Waals surface area (Å²) in [6, 6.07) is 9.33. The van der Waals surface area contributed by atoms with E-state index < -0.39 is 0 Å². The van der Waals surface area contributed by atoms with E-state index in [9.17, 15) is 0 Å². The van der Waals surface area contributed by atoms with Crippen molar-refractivity contribution >= 4 is 0 Å². The Hall–Kier alpha value is -0.860. The van der Waals surface area contributed by atoms with Crippen molar-refractivity contribution in [1.29, 1.82) is 0 Å². The summed E-state index contributed by atoms with van der Waals surface area (Å²) < 4.78 is 5.10.